The minimum atomic E-state index is -0.0338. The number of halogens is 1. The zero-order chi connectivity index (χ0) is 20.3. The number of carbonyl (C=O) groups excluding carboxylic acids is 1. The van der Waals surface area contributed by atoms with Gasteiger partial charge in [-0.2, -0.15) is 0 Å². The van der Waals surface area contributed by atoms with Crippen molar-refractivity contribution in [1.82, 2.24) is 14.8 Å². The van der Waals surface area contributed by atoms with E-state index in [-0.39, 0.29) is 18.3 Å². The van der Waals surface area contributed by atoms with Crippen LogP contribution >= 0.6 is 12.4 Å². The van der Waals surface area contributed by atoms with Crippen LogP contribution in [0.15, 0.2) is 76.0 Å². The molecule has 1 aliphatic heterocycles. The van der Waals surface area contributed by atoms with Crippen LogP contribution in [0.5, 0.6) is 0 Å². The van der Waals surface area contributed by atoms with Crippen LogP contribution in [0, 0.1) is 0 Å². The van der Waals surface area contributed by atoms with E-state index in [0.29, 0.717) is 12.3 Å². The molecule has 160 valence electrons. The number of carbonyl (C=O) groups is 1. The van der Waals surface area contributed by atoms with Crippen molar-refractivity contribution in [2.45, 2.75) is 13.0 Å². The molecule has 5 rings (SSSR count). The smallest absolute Gasteiger partial charge is 0.289 e. The van der Waals surface area contributed by atoms with Gasteiger partial charge in [-0.25, -0.2) is 0 Å². The molecule has 1 amide bonds. The van der Waals surface area contributed by atoms with Gasteiger partial charge in [-0.05, 0) is 48.4 Å². The number of hydrogen-bond acceptors (Lipinski definition) is 5. The summed E-state index contributed by atoms with van der Waals surface area (Å²) in [5.41, 5.74) is 3.11. The van der Waals surface area contributed by atoms with Crippen molar-refractivity contribution in [2.75, 3.05) is 26.2 Å². The average molecular weight is 438 g/mol. The highest BCUT2D eigenvalue weighted by Gasteiger charge is 2.22. The number of pyridine rings is 1. The molecule has 1 fully saturated rings. The van der Waals surface area contributed by atoms with Crippen molar-refractivity contribution < 1.29 is 13.6 Å². The molecule has 1 aromatic carbocycles. The molecule has 1 aliphatic rings. The lowest BCUT2D eigenvalue weighted by Gasteiger charge is -2.20. The van der Waals surface area contributed by atoms with Crippen molar-refractivity contribution in [2.24, 2.45) is 0 Å². The molecular weight excluding hydrogens is 414 g/mol. The average Bonchev–Trinajstić information content (AvgIpc) is 3.39. The fourth-order valence-corrected chi connectivity index (χ4v) is 4.00. The van der Waals surface area contributed by atoms with E-state index in [4.69, 9.17) is 8.83 Å². The molecule has 0 radical (unpaired) electrons. The first-order chi connectivity index (χ1) is 14.8. The van der Waals surface area contributed by atoms with Crippen LogP contribution in [-0.2, 0) is 6.54 Å². The standard InChI is InChI=1S/C24H23N3O3.ClH/c28-24(23-5-2-13-29-23)27-10-3-9-26(11-12-27)17-21-15-20-14-18(6-7-22(20)30-21)19-4-1-8-25-16-19;/h1-2,4-8,13-16H,3,9-12,17H2;1H. The maximum atomic E-state index is 12.5. The van der Waals surface area contributed by atoms with Gasteiger partial charge in [0, 0.05) is 49.5 Å². The maximum absolute atomic E-state index is 12.5. The van der Waals surface area contributed by atoms with E-state index >= 15 is 0 Å². The zero-order valence-electron chi connectivity index (χ0n) is 17.1. The van der Waals surface area contributed by atoms with Crippen molar-refractivity contribution in [3.8, 4) is 11.1 Å². The number of hydrogen-bond donors (Lipinski definition) is 0. The molecule has 3 aromatic heterocycles. The quantitative estimate of drug-likeness (QED) is 0.456. The number of furan rings is 2. The second-order valence-electron chi connectivity index (χ2n) is 7.61. The summed E-state index contributed by atoms with van der Waals surface area (Å²) < 4.78 is 11.3. The largest absolute Gasteiger partial charge is 0.460 e. The number of nitrogens with zero attached hydrogens (tertiary/aromatic N) is 3. The number of amides is 1. The van der Waals surface area contributed by atoms with Crippen LogP contribution in [-0.4, -0.2) is 46.9 Å². The van der Waals surface area contributed by atoms with Crippen LogP contribution in [0.1, 0.15) is 22.7 Å². The summed E-state index contributed by atoms with van der Waals surface area (Å²) in [5.74, 6) is 1.32. The van der Waals surface area contributed by atoms with Crippen molar-refractivity contribution in [3.05, 3.63) is 78.7 Å². The SMILES string of the molecule is Cl.O=C(c1ccco1)N1CCCN(Cc2cc3cc(-c4cccnc4)ccc3o2)CC1. The summed E-state index contributed by atoms with van der Waals surface area (Å²) in [6.07, 6.45) is 6.12. The van der Waals surface area contributed by atoms with E-state index in [1.54, 1.807) is 24.6 Å². The third kappa shape index (κ3) is 4.65. The highest BCUT2D eigenvalue weighted by Crippen LogP contribution is 2.27. The highest BCUT2D eigenvalue weighted by atomic mass is 35.5. The van der Waals surface area contributed by atoms with Gasteiger partial charge in [0.2, 0.25) is 0 Å². The van der Waals surface area contributed by atoms with E-state index in [9.17, 15) is 4.79 Å². The van der Waals surface area contributed by atoms with Gasteiger partial charge in [-0.3, -0.25) is 14.7 Å². The van der Waals surface area contributed by atoms with Gasteiger partial charge in [-0.1, -0.05) is 12.1 Å². The number of rotatable bonds is 4. The molecule has 0 saturated carbocycles. The van der Waals surface area contributed by atoms with E-state index in [1.165, 1.54) is 0 Å². The summed E-state index contributed by atoms with van der Waals surface area (Å²) >= 11 is 0. The van der Waals surface area contributed by atoms with Gasteiger partial charge in [0.15, 0.2) is 5.76 Å². The van der Waals surface area contributed by atoms with Gasteiger partial charge in [0.25, 0.3) is 5.91 Å². The Bertz CT molecular complexity index is 1140. The maximum Gasteiger partial charge on any atom is 0.289 e. The van der Waals surface area contributed by atoms with Crippen LogP contribution < -0.4 is 0 Å². The van der Waals surface area contributed by atoms with Gasteiger partial charge < -0.3 is 13.7 Å². The molecule has 4 heterocycles. The van der Waals surface area contributed by atoms with Crippen LogP contribution in [0.4, 0.5) is 0 Å². The Hall–Kier alpha value is -3.09. The molecule has 7 heteroatoms. The Balaban J connectivity index is 0.00000231. The van der Waals surface area contributed by atoms with Gasteiger partial charge in [0.1, 0.15) is 11.3 Å². The van der Waals surface area contributed by atoms with Crippen molar-refractivity contribution >= 4 is 29.3 Å². The van der Waals surface area contributed by atoms with E-state index in [1.807, 2.05) is 23.2 Å². The Morgan fingerprint density at radius 2 is 1.94 bits per heavy atom. The molecule has 1 saturated heterocycles. The van der Waals surface area contributed by atoms with Crippen molar-refractivity contribution in [3.63, 3.8) is 0 Å². The zero-order valence-corrected chi connectivity index (χ0v) is 17.9. The van der Waals surface area contributed by atoms with Gasteiger partial charge in [-0.15, -0.1) is 12.4 Å². The predicted molar refractivity (Wildman–Crippen MR) is 121 cm³/mol. The predicted octanol–water partition coefficient (Wildman–Crippen LogP) is 4.86. The molecule has 0 bridgehead atoms. The fraction of sp³-hybridized carbons (Fsp3) is 0.250. The summed E-state index contributed by atoms with van der Waals surface area (Å²) in [4.78, 5) is 21.0. The first-order valence-corrected chi connectivity index (χ1v) is 10.2. The Labute approximate surface area is 186 Å². The second kappa shape index (κ2) is 9.37. The molecule has 31 heavy (non-hydrogen) atoms. The van der Waals surface area contributed by atoms with Crippen LogP contribution in [0.25, 0.3) is 22.1 Å². The minimum absolute atomic E-state index is 0. The summed E-state index contributed by atoms with van der Waals surface area (Å²) in [7, 11) is 0. The number of aromatic nitrogens is 1. The molecule has 0 unspecified atom stereocenters. The lowest BCUT2D eigenvalue weighted by atomic mass is 10.1. The van der Waals surface area contributed by atoms with Crippen molar-refractivity contribution in [1.29, 1.82) is 0 Å². The lowest BCUT2D eigenvalue weighted by molar-refractivity contribution is 0.0729. The molecule has 0 spiro atoms. The Kier molecular flexibility index (Phi) is 6.39. The van der Waals surface area contributed by atoms with Gasteiger partial charge in [0.05, 0.1) is 12.8 Å². The normalized spacial score (nSPS) is 14.9. The summed E-state index contributed by atoms with van der Waals surface area (Å²) in [6.45, 7) is 3.90. The van der Waals surface area contributed by atoms with E-state index < -0.39 is 0 Å². The second-order valence-corrected chi connectivity index (χ2v) is 7.61. The molecule has 6 nitrogen and oxygen atoms in total. The van der Waals surface area contributed by atoms with E-state index in [2.05, 4.69) is 34.1 Å². The van der Waals surface area contributed by atoms with Crippen LogP contribution in [0.2, 0.25) is 0 Å². The van der Waals surface area contributed by atoms with Crippen LogP contribution in [0.3, 0.4) is 0 Å². The molecular formula is C24H24ClN3O3. The minimum Gasteiger partial charge on any atom is -0.460 e. The third-order valence-electron chi connectivity index (χ3n) is 5.55. The Morgan fingerprint density at radius 1 is 1.00 bits per heavy atom. The van der Waals surface area contributed by atoms with E-state index in [0.717, 1.165) is 60.5 Å². The Morgan fingerprint density at radius 3 is 2.74 bits per heavy atom. The third-order valence-corrected chi connectivity index (χ3v) is 5.55. The number of benzene rings is 1. The first kappa shape index (κ1) is 21.2. The lowest BCUT2D eigenvalue weighted by Crippen LogP contribution is -2.34. The van der Waals surface area contributed by atoms with Gasteiger partial charge >= 0.3 is 0 Å². The summed E-state index contributed by atoms with van der Waals surface area (Å²) in [5, 5.41) is 1.09. The first-order valence-electron chi connectivity index (χ1n) is 10.2. The topological polar surface area (TPSA) is 62.7 Å². The molecule has 0 N–H and O–H groups in total. The fourth-order valence-electron chi connectivity index (χ4n) is 4.00. The molecule has 0 atom stereocenters. The summed E-state index contributed by atoms with van der Waals surface area (Å²) in [6, 6.07) is 15.8. The molecule has 4 aromatic rings. The number of fused-ring (bicyclic) bond motifs is 1. The monoisotopic (exact) mass is 437 g/mol. The highest BCUT2D eigenvalue weighted by molar-refractivity contribution is 5.91. The molecule has 0 aliphatic carbocycles.